The summed E-state index contributed by atoms with van der Waals surface area (Å²) in [5.74, 6) is 0. The predicted molar refractivity (Wildman–Crippen MR) is 101 cm³/mol. The number of rotatable bonds is 2. The van der Waals surface area contributed by atoms with Crippen molar-refractivity contribution in [3.8, 4) is 21.0 Å². The number of nitrogens with zero attached hydrogens (tertiary/aromatic N) is 3. The van der Waals surface area contributed by atoms with Gasteiger partial charge in [0.05, 0.1) is 11.1 Å². The summed E-state index contributed by atoms with van der Waals surface area (Å²) >= 11 is 3.50. The minimum Gasteiger partial charge on any atom is -0.138 e. The molecular formula is C19H11N3S2. The second-order valence-corrected chi connectivity index (χ2v) is 7.66. The molecule has 0 atom stereocenters. The third-order valence-corrected chi connectivity index (χ3v) is 6.26. The van der Waals surface area contributed by atoms with E-state index in [1.54, 1.807) is 22.7 Å². The van der Waals surface area contributed by atoms with E-state index < -0.39 is 0 Å². The van der Waals surface area contributed by atoms with Crippen LogP contribution in [0.3, 0.4) is 0 Å². The lowest BCUT2D eigenvalue weighted by Crippen LogP contribution is -1.92. The zero-order chi connectivity index (χ0) is 15.9. The van der Waals surface area contributed by atoms with Crippen LogP contribution in [0.2, 0.25) is 0 Å². The van der Waals surface area contributed by atoms with E-state index in [9.17, 15) is 0 Å². The van der Waals surface area contributed by atoms with E-state index in [1.165, 1.54) is 25.0 Å². The minimum absolute atomic E-state index is 0.901. The fourth-order valence-corrected chi connectivity index (χ4v) is 4.98. The lowest BCUT2D eigenvalue weighted by molar-refractivity contribution is 0.875. The van der Waals surface area contributed by atoms with E-state index in [2.05, 4.69) is 76.1 Å². The van der Waals surface area contributed by atoms with Crippen LogP contribution in [0, 0.1) is 0 Å². The van der Waals surface area contributed by atoms with E-state index in [0.29, 0.717) is 0 Å². The Balaban J connectivity index is 1.72. The molecule has 0 unspecified atom stereocenters. The molecule has 114 valence electrons. The maximum Gasteiger partial charge on any atom is 0.115 e. The third-order valence-electron chi connectivity index (χ3n) is 3.99. The fourth-order valence-electron chi connectivity index (χ4n) is 2.84. The molecular weight excluding hydrogens is 334 g/mol. The van der Waals surface area contributed by atoms with Crippen LogP contribution in [0.1, 0.15) is 0 Å². The Hall–Kier alpha value is -2.63. The van der Waals surface area contributed by atoms with E-state index >= 15 is 0 Å². The van der Waals surface area contributed by atoms with Crippen LogP contribution < -0.4 is 0 Å². The van der Waals surface area contributed by atoms with Crippen molar-refractivity contribution < 1.29 is 0 Å². The average molecular weight is 345 g/mol. The average Bonchev–Trinajstić information content (AvgIpc) is 3.25. The zero-order valence-corrected chi connectivity index (χ0v) is 14.1. The summed E-state index contributed by atoms with van der Waals surface area (Å²) in [6.07, 6.45) is 1.82. The summed E-state index contributed by atoms with van der Waals surface area (Å²) in [7, 11) is 0. The maximum absolute atomic E-state index is 4.35. The Morgan fingerprint density at radius 1 is 0.708 bits per heavy atom. The van der Waals surface area contributed by atoms with Crippen LogP contribution in [0.4, 0.5) is 0 Å². The molecule has 0 bridgehead atoms. The minimum atomic E-state index is 0.901. The van der Waals surface area contributed by atoms with E-state index in [1.807, 2.05) is 6.20 Å². The van der Waals surface area contributed by atoms with Gasteiger partial charge in [0.1, 0.15) is 5.69 Å². The molecule has 0 N–H and O–H groups in total. The second-order valence-electron chi connectivity index (χ2n) is 5.49. The van der Waals surface area contributed by atoms with Crippen LogP contribution in [-0.4, -0.2) is 15.4 Å². The molecule has 0 aliphatic rings. The fraction of sp³-hybridized carbons (Fsp3) is 0. The monoisotopic (exact) mass is 345 g/mol. The molecule has 0 radical (unpaired) electrons. The van der Waals surface area contributed by atoms with Crippen LogP contribution in [0.15, 0.2) is 66.9 Å². The van der Waals surface area contributed by atoms with Crippen LogP contribution >= 0.6 is 22.7 Å². The van der Waals surface area contributed by atoms with Gasteiger partial charge < -0.3 is 0 Å². The van der Waals surface area contributed by atoms with Gasteiger partial charge in [-0.2, -0.15) is 0 Å². The van der Waals surface area contributed by atoms with Gasteiger partial charge in [-0.05, 0) is 40.3 Å². The molecule has 0 amide bonds. The highest BCUT2D eigenvalue weighted by molar-refractivity contribution is 7.23. The summed E-state index contributed by atoms with van der Waals surface area (Å²) in [4.78, 5) is 2.30. The molecule has 0 aliphatic carbocycles. The molecule has 3 heterocycles. The molecule has 0 fully saturated rings. The van der Waals surface area contributed by atoms with Gasteiger partial charge in [0, 0.05) is 19.8 Å². The lowest BCUT2D eigenvalue weighted by atomic mass is 10.1. The number of thiophene rings is 2. The molecule has 3 aromatic heterocycles. The first-order valence-corrected chi connectivity index (χ1v) is 9.18. The Morgan fingerprint density at radius 3 is 2.04 bits per heavy atom. The van der Waals surface area contributed by atoms with Crippen molar-refractivity contribution in [2.75, 3.05) is 0 Å². The predicted octanol–water partition coefficient (Wildman–Crippen LogP) is 5.64. The Bertz CT molecular complexity index is 1010. The van der Waals surface area contributed by atoms with E-state index in [0.717, 1.165) is 16.1 Å². The maximum atomic E-state index is 4.35. The number of hydrogen-bond donors (Lipinski definition) is 0. The Morgan fingerprint density at radius 2 is 1.33 bits per heavy atom. The highest BCUT2D eigenvalue weighted by Gasteiger charge is 2.15. The highest BCUT2D eigenvalue weighted by atomic mass is 32.1. The molecule has 0 saturated heterocycles. The first-order chi connectivity index (χ1) is 11.9. The molecule has 5 rings (SSSR count). The van der Waals surface area contributed by atoms with E-state index in [4.69, 9.17) is 0 Å². The summed E-state index contributed by atoms with van der Waals surface area (Å²) in [6, 6.07) is 21.2. The van der Waals surface area contributed by atoms with Crippen molar-refractivity contribution in [1.82, 2.24) is 15.4 Å². The normalized spacial score (nSPS) is 11.3. The van der Waals surface area contributed by atoms with Crippen molar-refractivity contribution in [2.24, 2.45) is 0 Å². The van der Waals surface area contributed by atoms with Crippen molar-refractivity contribution in [3.05, 3.63) is 66.9 Å². The van der Waals surface area contributed by atoms with Gasteiger partial charge in [-0.3, -0.25) is 0 Å². The molecule has 0 saturated carbocycles. The van der Waals surface area contributed by atoms with Gasteiger partial charge >= 0.3 is 0 Å². The molecule has 0 spiro atoms. The largest absolute Gasteiger partial charge is 0.138 e. The standard InChI is InChI=1S/C19H11N3S2/c1-3-7-15-12(5-1)9-17(23-15)14-11-20-22-21-19(14)18-10-13-6-2-4-8-16(13)24-18/h1-11H. The van der Waals surface area contributed by atoms with E-state index in [-0.39, 0.29) is 0 Å². The van der Waals surface area contributed by atoms with Crippen LogP contribution in [-0.2, 0) is 0 Å². The summed E-state index contributed by atoms with van der Waals surface area (Å²) in [6.45, 7) is 0. The summed E-state index contributed by atoms with van der Waals surface area (Å²) in [5, 5.41) is 14.7. The van der Waals surface area contributed by atoms with Gasteiger partial charge in [0.15, 0.2) is 0 Å². The lowest BCUT2D eigenvalue weighted by Gasteiger charge is -2.01. The van der Waals surface area contributed by atoms with Crippen molar-refractivity contribution in [1.29, 1.82) is 0 Å². The molecule has 0 aliphatic heterocycles. The first-order valence-electron chi connectivity index (χ1n) is 7.55. The number of aromatic nitrogens is 3. The van der Waals surface area contributed by atoms with Crippen LogP contribution in [0.5, 0.6) is 0 Å². The summed E-state index contributed by atoms with van der Waals surface area (Å²) < 4.78 is 2.53. The number of fused-ring (bicyclic) bond motifs is 2. The molecule has 5 aromatic rings. The van der Waals surface area contributed by atoms with Crippen molar-refractivity contribution in [3.63, 3.8) is 0 Å². The molecule has 5 heteroatoms. The molecule has 3 nitrogen and oxygen atoms in total. The number of hydrogen-bond acceptors (Lipinski definition) is 5. The quantitative estimate of drug-likeness (QED) is 0.416. The second kappa shape index (κ2) is 5.47. The topological polar surface area (TPSA) is 38.7 Å². The third kappa shape index (κ3) is 2.21. The summed E-state index contributed by atoms with van der Waals surface area (Å²) in [5.41, 5.74) is 1.94. The SMILES string of the molecule is c1ccc2sc(-c3cnnnc3-c3cc4ccccc4s3)cc2c1. The molecule has 2 aromatic carbocycles. The van der Waals surface area contributed by atoms with Crippen LogP contribution in [0.25, 0.3) is 41.2 Å². The van der Waals surface area contributed by atoms with Crippen molar-refractivity contribution >= 4 is 42.8 Å². The Kier molecular flexibility index (Phi) is 3.14. The Labute approximate surface area is 146 Å². The van der Waals surface area contributed by atoms with Gasteiger partial charge in [-0.25, -0.2) is 0 Å². The van der Waals surface area contributed by atoms with Gasteiger partial charge in [-0.1, -0.05) is 36.4 Å². The number of benzene rings is 2. The highest BCUT2D eigenvalue weighted by Crippen LogP contribution is 2.40. The first kappa shape index (κ1) is 13.8. The van der Waals surface area contributed by atoms with Crippen molar-refractivity contribution in [2.45, 2.75) is 0 Å². The van der Waals surface area contributed by atoms with Gasteiger partial charge in [0.2, 0.25) is 0 Å². The smallest absolute Gasteiger partial charge is 0.115 e. The zero-order valence-electron chi connectivity index (χ0n) is 12.5. The van der Waals surface area contributed by atoms with Gasteiger partial charge in [0.25, 0.3) is 0 Å². The molecule has 24 heavy (non-hydrogen) atoms. The van der Waals surface area contributed by atoms with Gasteiger partial charge in [-0.15, -0.1) is 32.9 Å².